The summed E-state index contributed by atoms with van der Waals surface area (Å²) in [7, 11) is 0. The maximum Gasteiger partial charge on any atom is 0.220 e. The molecule has 2 nitrogen and oxygen atoms in total. The van der Waals surface area contributed by atoms with Crippen LogP contribution in [0.25, 0.3) is 11.1 Å². The molecule has 4 heteroatoms. The van der Waals surface area contributed by atoms with E-state index in [9.17, 15) is 8.78 Å². The third kappa shape index (κ3) is 1.46. The van der Waals surface area contributed by atoms with Crippen LogP contribution in [0, 0.1) is 11.9 Å². The molecule has 2 aromatic heterocycles. The molecule has 0 aliphatic rings. The molecule has 2 aromatic rings. The lowest BCUT2D eigenvalue weighted by Crippen LogP contribution is -1.92. The fraction of sp³-hybridized carbons (Fsp3) is 0. The predicted molar refractivity (Wildman–Crippen MR) is 47.4 cm³/mol. The van der Waals surface area contributed by atoms with Crippen LogP contribution in [0.3, 0.4) is 0 Å². The number of aromatic nitrogens is 2. The molecule has 0 unspecified atom stereocenters. The summed E-state index contributed by atoms with van der Waals surface area (Å²) in [5.41, 5.74) is 0.246. The van der Waals surface area contributed by atoms with Crippen LogP contribution >= 0.6 is 0 Å². The first-order chi connectivity index (χ1) is 6.79. The van der Waals surface area contributed by atoms with Crippen LogP contribution < -0.4 is 0 Å². The molecule has 14 heavy (non-hydrogen) atoms. The number of nitrogens with zero attached hydrogens (tertiary/aromatic N) is 2. The van der Waals surface area contributed by atoms with Crippen molar-refractivity contribution < 1.29 is 8.78 Å². The van der Waals surface area contributed by atoms with Gasteiger partial charge in [-0.3, -0.25) is 0 Å². The van der Waals surface area contributed by atoms with E-state index >= 15 is 0 Å². The Morgan fingerprint density at radius 1 is 0.786 bits per heavy atom. The van der Waals surface area contributed by atoms with Crippen molar-refractivity contribution in [3.8, 4) is 11.1 Å². The summed E-state index contributed by atoms with van der Waals surface area (Å²) < 4.78 is 26.3. The molecular weight excluding hydrogens is 186 g/mol. The lowest BCUT2D eigenvalue weighted by Gasteiger charge is -2.01. The fourth-order valence-corrected chi connectivity index (χ4v) is 1.17. The molecule has 2 rings (SSSR count). The fourth-order valence-electron chi connectivity index (χ4n) is 1.17. The maximum absolute atomic E-state index is 13.1. The van der Waals surface area contributed by atoms with E-state index in [0.29, 0.717) is 0 Å². The highest BCUT2D eigenvalue weighted by molar-refractivity contribution is 5.62. The summed E-state index contributed by atoms with van der Waals surface area (Å²) in [5, 5.41) is 0. The van der Waals surface area contributed by atoms with Crippen LogP contribution in [0.5, 0.6) is 0 Å². The van der Waals surface area contributed by atoms with Crippen molar-refractivity contribution in [2.45, 2.75) is 0 Å². The molecule has 70 valence electrons. The molecule has 0 saturated carbocycles. The van der Waals surface area contributed by atoms with Gasteiger partial charge in [0.1, 0.15) is 0 Å². The number of hydrogen-bond acceptors (Lipinski definition) is 2. The molecule has 0 spiro atoms. The molecule has 0 bridgehead atoms. The first kappa shape index (κ1) is 8.74. The molecule has 0 aliphatic carbocycles. The normalized spacial score (nSPS) is 10.1. The molecule has 0 aromatic carbocycles. The summed E-state index contributed by atoms with van der Waals surface area (Å²) in [6.45, 7) is 0. The Hall–Kier alpha value is -1.84. The van der Waals surface area contributed by atoms with Gasteiger partial charge in [0, 0.05) is 23.5 Å². The summed E-state index contributed by atoms with van der Waals surface area (Å²) in [5.74, 6) is -1.39. The minimum Gasteiger partial charge on any atom is -0.228 e. The van der Waals surface area contributed by atoms with E-state index in [4.69, 9.17) is 0 Å². The lowest BCUT2D eigenvalue weighted by molar-refractivity contribution is 0.572. The topological polar surface area (TPSA) is 25.8 Å². The van der Waals surface area contributed by atoms with Gasteiger partial charge in [0.15, 0.2) is 0 Å². The van der Waals surface area contributed by atoms with Gasteiger partial charge in [-0.2, -0.15) is 8.78 Å². The van der Waals surface area contributed by atoms with Crippen molar-refractivity contribution in [3.63, 3.8) is 0 Å². The Labute approximate surface area is 79.3 Å². The van der Waals surface area contributed by atoms with Crippen LogP contribution in [-0.2, 0) is 0 Å². The van der Waals surface area contributed by atoms with Crippen molar-refractivity contribution in [2.24, 2.45) is 0 Å². The van der Waals surface area contributed by atoms with Gasteiger partial charge in [0.2, 0.25) is 11.9 Å². The predicted octanol–water partition coefficient (Wildman–Crippen LogP) is 2.42. The molecule has 0 aliphatic heterocycles. The second-order valence-electron chi connectivity index (χ2n) is 2.68. The quantitative estimate of drug-likeness (QED) is 0.648. The minimum atomic E-state index is -0.695. The van der Waals surface area contributed by atoms with Gasteiger partial charge in [-0.25, -0.2) is 9.97 Å². The van der Waals surface area contributed by atoms with E-state index in [0.717, 1.165) is 0 Å². The molecule has 0 saturated heterocycles. The summed E-state index contributed by atoms with van der Waals surface area (Å²) in [6, 6.07) is 6.01. The Morgan fingerprint density at radius 3 is 1.57 bits per heavy atom. The second-order valence-corrected chi connectivity index (χ2v) is 2.68. The van der Waals surface area contributed by atoms with E-state index in [1.165, 1.54) is 24.5 Å². The first-order valence-corrected chi connectivity index (χ1v) is 4.00. The van der Waals surface area contributed by atoms with E-state index < -0.39 is 11.9 Å². The molecule has 2 heterocycles. The monoisotopic (exact) mass is 192 g/mol. The molecule has 0 radical (unpaired) electrons. The molecule has 0 N–H and O–H groups in total. The van der Waals surface area contributed by atoms with Gasteiger partial charge in [-0.15, -0.1) is 0 Å². The van der Waals surface area contributed by atoms with E-state index in [1.807, 2.05) is 0 Å². The number of rotatable bonds is 1. The van der Waals surface area contributed by atoms with Crippen molar-refractivity contribution in [2.75, 3.05) is 0 Å². The summed E-state index contributed by atoms with van der Waals surface area (Å²) in [4.78, 5) is 6.87. The zero-order chi connectivity index (χ0) is 9.97. The van der Waals surface area contributed by atoms with E-state index in [-0.39, 0.29) is 11.1 Å². The first-order valence-electron chi connectivity index (χ1n) is 4.00. The lowest BCUT2D eigenvalue weighted by atomic mass is 10.1. The van der Waals surface area contributed by atoms with Gasteiger partial charge < -0.3 is 0 Å². The van der Waals surface area contributed by atoms with Crippen LogP contribution in [0.15, 0.2) is 36.7 Å². The van der Waals surface area contributed by atoms with Gasteiger partial charge in [0.25, 0.3) is 0 Å². The zero-order valence-electron chi connectivity index (χ0n) is 7.11. The highest BCUT2D eigenvalue weighted by Crippen LogP contribution is 2.22. The van der Waals surface area contributed by atoms with Crippen LogP contribution in [-0.4, -0.2) is 9.97 Å². The highest BCUT2D eigenvalue weighted by Gasteiger charge is 2.09. The average Bonchev–Trinajstić information content (AvgIpc) is 2.20. The average molecular weight is 192 g/mol. The zero-order valence-corrected chi connectivity index (χ0v) is 7.11. The minimum absolute atomic E-state index is 0.123. The van der Waals surface area contributed by atoms with E-state index in [2.05, 4.69) is 9.97 Å². The number of hydrogen-bond donors (Lipinski definition) is 0. The maximum atomic E-state index is 13.1. The van der Waals surface area contributed by atoms with Crippen molar-refractivity contribution in [1.29, 1.82) is 0 Å². The third-order valence-corrected chi connectivity index (χ3v) is 1.81. The number of pyridine rings is 2. The molecular formula is C10H6F2N2. The molecule has 0 amide bonds. The SMILES string of the molecule is Fc1ncccc1-c1cccnc1F. The van der Waals surface area contributed by atoms with E-state index in [1.54, 1.807) is 12.1 Å². The standard InChI is InChI=1S/C10H6F2N2/c11-9-7(3-1-5-13-9)8-4-2-6-14-10(8)12/h1-6H. The van der Waals surface area contributed by atoms with Crippen molar-refractivity contribution in [3.05, 3.63) is 48.6 Å². The second kappa shape index (κ2) is 3.49. The molecule has 0 fully saturated rings. The van der Waals surface area contributed by atoms with Crippen molar-refractivity contribution in [1.82, 2.24) is 9.97 Å². The Kier molecular flexibility index (Phi) is 2.18. The van der Waals surface area contributed by atoms with Crippen molar-refractivity contribution >= 4 is 0 Å². The summed E-state index contributed by atoms with van der Waals surface area (Å²) >= 11 is 0. The van der Waals surface area contributed by atoms with Gasteiger partial charge in [-0.05, 0) is 24.3 Å². The molecule has 0 atom stereocenters. The Bertz CT molecular complexity index is 414. The van der Waals surface area contributed by atoms with Crippen LogP contribution in [0.4, 0.5) is 8.78 Å². The number of halogens is 2. The van der Waals surface area contributed by atoms with Gasteiger partial charge in [0.05, 0.1) is 0 Å². The Morgan fingerprint density at radius 2 is 1.21 bits per heavy atom. The van der Waals surface area contributed by atoms with Crippen LogP contribution in [0.1, 0.15) is 0 Å². The third-order valence-electron chi connectivity index (χ3n) is 1.81. The Balaban J connectivity index is 2.61. The van der Waals surface area contributed by atoms with Gasteiger partial charge in [-0.1, -0.05) is 0 Å². The smallest absolute Gasteiger partial charge is 0.220 e. The summed E-state index contributed by atoms with van der Waals surface area (Å²) in [6.07, 6.45) is 2.63. The highest BCUT2D eigenvalue weighted by atomic mass is 19.1. The largest absolute Gasteiger partial charge is 0.228 e. The van der Waals surface area contributed by atoms with Crippen LogP contribution in [0.2, 0.25) is 0 Å². The van der Waals surface area contributed by atoms with Gasteiger partial charge >= 0.3 is 0 Å².